The average Bonchev–Trinajstić information content (AvgIpc) is 2.53. The number of halogens is 2. The normalized spacial score (nSPS) is 11.4. The quantitative estimate of drug-likeness (QED) is 0.107. The van der Waals surface area contributed by atoms with E-state index in [0.717, 1.165) is 12.2 Å². The summed E-state index contributed by atoms with van der Waals surface area (Å²) in [6.07, 6.45) is 10.9. The largest absolute Gasteiger partial charge is 0.470 e. The average molecular weight is 570 g/mol. The first-order valence-electron chi connectivity index (χ1n) is 9.25. The summed E-state index contributed by atoms with van der Waals surface area (Å²) >= 11 is 4.60. The molecule has 1 aromatic rings. The van der Waals surface area contributed by atoms with Gasteiger partial charge in [0.25, 0.3) is 0 Å². The molecular formula is C20H32I2OSi. The second-order valence-electron chi connectivity index (χ2n) is 6.63. The van der Waals surface area contributed by atoms with E-state index in [0.29, 0.717) is 0 Å². The fraction of sp³-hybridized carbons (Fsp3) is 0.600. The van der Waals surface area contributed by atoms with Crippen molar-refractivity contribution in [2.24, 2.45) is 0 Å². The molecule has 0 amide bonds. The highest BCUT2D eigenvalue weighted by Crippen LogP contribution is 2.25. The van der Waals surface area contributed by atoms with Crippen LogP contribution in [0.1, 0.15) is 64.4 Å². The third kappa shape index (κ3) is 11.9. The zero-order valence-electron chi connectivity index (χ0n) is 15.2. The Morgan fingerprint density at radius 1 is 1.00 bits per heavy atom. The van der Waals surface area contributed by atoms with Crippen molar-refractivity contribution >= 4 is 54.7 Å². The maximum absolute atomic E-state index is 5.87. The Morgan fingerprint density at radius 2 is 1.62 bits per heavy atom. The van der Waals surface area contributed by atoms with Crippen LogP contribution in [-0.2, 0) is 6.42 Å². The maximum atomic E-state index is 5.87. The Morgan fingerprint density at radius 3 is 2.29 bits per heavy atom. The van der Waals surface area contributed by atoms with Crippen molar-refractivity contribution in [2.45, 2.75) is 73.4 Å². The number of para-hydroxylation sites is 1. The molecule has 0 aliphatic rings. The van der Waals surface area contributed by atoms with Crippen molar-refractivity contribution in [1.82, 2.24) is 0 Å². The first-order chi connectivity index (χ1) is 11.6. The van der Waals surface area contributed by atoms with Gasteiger partial charge in [0.1, 0.15) is 5.75 Å². The number of rotatable bonds is 13. The minimum Gasteiger partial charge on any atom is -0.470 e. The molecule has 136 valence electrons. The van der Waals surface area contributed by atoms with E-state index in [1.165, 1.54) is 62.1 Å². The van der Waals surface area contributed by atoms with E-state index < -0.39 is 0 Å². The van der Waals surface area contributed by atoms with Crippen LogP contribution in [0.2, 0.25) is 6.04 Å². The lowest BCUT2D eigenvalue weighted by Crippen LogP contribution is -2.01. The van der Waals surface area contributed by atoms with Crippen LogP contribution in [-0.4, -0.2) is 11.6 Å². The van der Waals surface area contributed by atoms with Crippen LogP contribution in [0, 0.1) is 0 Å². The Hall–Kier alpha value is 0.437. The van der Waals surface area contributed by atoms with Gasteiger partial charge in [-0.3, -0.25) is 0 Å². The second-order valence-corrected chi connectivity index (χ2v) is 13.0. The first-order valence-corrected chi connectivity index (χ1v) is 13.6. The Labute approximate surface area is 178 Å². The lowest BCUT2D eigenvalue weighted by Gasteiger charge is -2.12. The van der Waals surface area contributed by atoms with E-state index in [1.807, 2.05) is 0 Å². The summed E-state index contributed by atoms with van der Waals surface area (Å²) in [5.41, 5.74) is 5.38. The number of allylic oxidation sites excluding steroid dienone is 1. The van der Waals surface area contributed by atoms with E-state index in [9.17, 15) is 0 Å². The van der Waals surface area contributed by atoms with Gasteiger partial charge in [-0.2, -0.15) is 0 Å². The molecule has 0 unspecified atom stereocenters. The molecule has 0 radical (unpaired) electrons. The molecule has 0 atom stereocenters. The van der Waals surface area contributed by atoms with Crippen molar-refractivity contribution < 1.29 is 4.74 Å². The van der Waals surface area contributed by atoms with Gasteiger partial charge >= 0.3 is 0 Å². The van der Waals surface area contributed by atoms with Crippen molar-refractivity contribution in [3.8, 4) is 5.75 Å². The molecule has 0 bridgehead atoms. The summed E-state index contributed by atoms with van der Waals surface area (Å²) in [7, 11) is 0.0992. The predicted octanol–water partition coefficient (Wildman–Crippen LogP) is 7.00. The summed E-state index contributed by atoms with van der Waals surface area (Å²) in [6, 6.07) is 9.99. The fourth-order valence-corrected chi connectivity index (χ4v) is 4.80. The van der Waals surface area contributed by atoms with Gasteiger partial charge in [0.05, 0.1) is 0 Å². The van der Waals surface area contributed by atoms with Gasteiger partial charge in [-0.1, -0.05) is 68.3 Å². The standard InChI is InChI=1S/C20H32I2OSi/c1-17(2)16-24-15-11-7-5-3-4-6-8-12-18-13-9-10-14-19(18)23-20(21)22/h9-10,13-14,16,20H,3-8,11-12,15,24H2,1-2H3. The highest BCUT2D eigenvalue weighted by atomic mass is 127. The molecular weight excluding hydrogens is 538 g/mol. The summed E-state index contributed by atoms with van der Waals surface area (Å²) in [5, 5.41) is 0. The summed E-state index contributed by atoms with van der Waals surface area (Å²) in [5.74, 6) is 1.06. The van der Waals surface area contributed by atoms with Gasteiger partial charge in [-0.25, -0.2) is 0 Å². The zero-order chi connectivity index (χ0) is 17.6. The van der Waals surface area contributed by atoms with Gasteiger partial charge in [0.15, 0.2) is 2.12 Å². The van der Waals surface area contributed by atoms with Crippen LogP contribution < -0.4 is 4.74 Å². The van der Waals surface area contributed by atoms with Crippen molar-refractivity contribution in [2.75, 3.05) is 0 Å². The molecule has 0 heterocycles. The lowest BCUT2D eigenvalue weighted by atomic mass is 10.0. The number of unbranched alkanes of at least 4 members (excludes halogenated alkanes) is 6. The van der Waals surface area contributed by atoms with Crippen LogP contribution in [0.4, 0.5) is 0 Å². The smallest absolute Gasteiger partial charge is 0.199 e. The number of alkyl halides is 2. The van der Waals surface area contributed by atoms with Crippen LogP contribution >= 0.6 is 45.2 Å². The SMILES string of the molecule is CC(C)=C[SiH2]CCCCCCCCCc1ccccc1OC(I)I. The highest BCUT2D eigenvalue weighted by molar-refractivity contribution is 14.2. The Balaban J connectivity index is 2.04. The van der Waals surface area contributed by atoms with Gasteiger partial charge in [-0.05, 0) is 83.5 Å². The highest BCUT2D eigenvalue weighted by Gasteiger charge is 2.05. The molecule has 0 aliphatic heterocycles. The molecule has 1 aromatic carbocycles. The number of hydrogen-bond donors (Lipinski definition) is 0. The molecule has 1 nitrogen and oxygen atoms in total. The predicted molar refractivity (Wildman–Crippen MR) is 128 cm³/mol. The van der Waals surface area contributed by atoms with E-state index in [2.05, 4.69) is 89.0 Å². The number of benzene rings is 1. The zero-order valence-corrected chi connectivity index (χ0v) is 20.9. The van der Waals surface area contributed by atoms with Crippen LogP contribution in [0.25, 0.3) is 0 Å². The summed E-state index contributed by atoms with van der Waals surface area (Å²) < 4.78 is 6.07. The molecule has 0 spiro atoms. The molecule has 0 saturated heterocycles. The second kappa shape index (κ2) is 14.6. The van der Waals surface area contributed by atoms with Crippen LogP contribution in [0.15, 0.2) is 35.5 Å². The van der Waals surface area contributed by atoms with E-state index in [4.69, 9.17) is 4.74 Å². The van der Waals surface area contributed by atoms with Gasteiger partial charge in [0.2, 0.25) is 0 Å². The monoisotopic (exact) mass is 570 g/mol. The van der Waals surface area contributed by atoms with Gasteiger partial charge in [0, 0.05) is 9.52 Å². The third-order valence-corrected chi connectivity index (χ3v) is 6.66. The van der Waals surface area contributed by atoms with E-state index >= 15 is 0 Å². The fourth-order valence-electron chi connectivity index (χ4n) is 2.83. The number of hydrogen-bond acceptors (Lipinski definition) is 1. The topological polar surface area (TPSA) is 9.23 Å². The summed E-state index contributed by atoms with van der Waals surface area (Å²) in [4.78, 5) is 0. The maximum Gasteiger partial charge on any atom is 0.199 e. The van der Waals surface area contributed by atoms with Gasteiger partial charge < -0.3 is 4.74 Å². The van der Waals surface area contributed by atoms with Crippen molar-refractivity contribution in [3.05, 3.63) is 41.1 Å². The minimum absolute atomic E-state index is 0.0992. The van der Waals surface area contributed by atoms with Crippen molar-refractivity contribution in [3.63, 3.8) is 0 Å². The Bertz CT molecular complexity index is 470. The molecule has 4 heteroatoms. The van der Waals surface area contributed by atoms with Gasteiger partial charge in [-0.15, -0.1) is 5.70 Å². The minimum atomic E-state index is 0.0992. The lowest BCUT2D eigenvalue weighted by molar-refractivity contribution is 0.385. The number of aryl methyl sites for hydroxylation is 1. The van der Waals surface area contributed by atoms with Crippen molar-refractivity contribution in [1.29, 1.82) is 0 Å². The van der Waals surface area contributed by atoms with Crippen LogP contribution in [0.3, 0.4) is 0 Å². The van der Waals surface area contributed by atoms with Crippen LogP contribution in [0.5, 0.6) is 5.75 Å². The molecule has 0 aromatic heterocycles. The van der Waals surface area contributed by atoms with E-state index in [1.54, 1.807) is 0 Å². The molecule has 0 N–H and O–H groups in total. The molecule has 1 rings (SSSR count). The molecule has 0 saturated carbocycles. The Kier molecular flexibility index (Phi) is 13.7. The van der Waals surface area contributed by atoms with E-state index in [-0.39, 0.29) is 11.6 Å². The third-order valence-electron chi connectivity index (χ3n) is 4.14. The molecule has 0 fully saturated rings. The molecule has 24 heavy (non-hydrogen) atoms. The summed E-state index contributed by atoms with van der Waals surface area (Å²) in [6.45, 7) is 4.44. The number of ether oxygens (including phenoxy) is 1. The first kappa shape index (κ1) is 22.5. The molecule has 0 aliphatic carbocycles.